The third kappa shape index (κ3) is 5.92. The lowest BCUT2D eigenvalue weighted by Crippen LogP contribution is -2.34. The molecule has 70 valence electrons. The Morgan fingerprint density at radius 2 is 2.25 bits per heavy atom. The molecule has 0 bridgehead atoms. The second kappa shape index (κ2) is 5.77. The average molecular weight is 171 g/mol. The quantitative estimate of drug-likeness (QED) is 0.602. The molecule has 0 aliphatic carbocycles. The van der Waals surface area contributed by atoms with E-state index in [1.807, 2.05) is 6.92 Å². The zero-order valence-corrected chi connectivity index (χ0v) is 7.71. The lowest BCUT2D eigenvalue weighted by atomic mass is 10.1. The monoisotopic (exact) mass is 171 g/mol. The van der Waals surface area contributed by atoms with Gasteiger partial charge in [-0.15, -0.1) is 6.58 Å². The van der Waals surface area contributed by atoms with Crippen LogP contribution < -0.4 is 5.32 Å². The fourth-order valence-electron chi connectivity index (χ4n) is 1.04. The number of rotatable bonds is 5. The smallest absolute Gasteiger partial charge is 0.223 e. The van der Waals surface area contributed by atoms with Crippen LogP contribution in [0.3, 0.4) is 0 Å². The van der Waals surface area contributed by atoms with Crippen molar-refractivity contribution in [1.29, 1.82) is 0 Å². The van der Waals surface area contributed by atoms with Crippen LogP contribution in [0.25, 0.3) is 0 Å². The molecule has 12 heavy (non-hydrogen) atoms. The number of carbonyl (C=O) groups is 1. The molecule has 0 aromatic rings. The van der Waals surface area contributed by atoms with Gasteiger partial charge in [0.25, 0.3) is 0 Å². The van der Waals surface area contributed by atoms with Gasteiger partial charge in [0, 0.05) is 12.5 Å². The van der Waals surface area contributed by atoms with Crippen molar-refractivity contribution in [3.05, 3.63) is 12.7 Å². The van der Waals surface area contributed by atoms with E-state index in [0.717, 1.165) is 0 Å². The molecule has 1 amide bonds. The van der Waals surface area contributed by atoms with Crippen LogP contribution in [0.4, 0.5) is 0 Å². The maximum Gasteiger partial charge on any atom is 0.223 e. The van der Waals surface area contributed by atoms with E-state index >= 15 is 0 Å². The van der Waals surface area contributed by atoms with Crippen LogP contribution >= 0.6 is 0 Å². The first-order valence-electron chi connectivity index (χ1n) is 4.14. The molecule has 0 fully saturated rings. The van der Waals surface area contributed by atoms with Crippen molar-refractivity contribution >= 4 is 5.91 Å². The summed E-state index contributed by atoms with van der Waals surface area (Å²) in [7, 11) is 0. The Hall–Kier alpha value is -0.830. The Labute approximate surface area is 73.5 Å². The van der Waals surface area contributed by atoms with Gasteiger partial charge < -0.3 is 10.4 Å². The van der Waals surface area contributed by atoms with E-state index in [1.54, 1.807) is 13.0 Å². The van der Waals surface area contributed by atoms with Crippen molar-refractivity contribution in [2.24, 2.45) is 0 Å². The van der Waals surface area contributed by atoms with Crippen LogP contribution in [0, 0.1) is 0 Å². The molecule has 0 rings (SSSR count). The molecule has 0 radical (unpaired) electrons. The number of aliphatic hydroxyl groups is 1. The zero-order valence-electron chi connectivity index (χ0n) is 7.71. The van der Waals surface area contributed by atoms with Crippen LogP contribution in [-0.4, -0.2) is 23.2 Å². The fourth-order valence-corrected chi connectivity index (χ4v) is 1.04. The number of amides is 1. The molecule has 0 saturated carbocycles. The van der Waals surface area contributed by atoms with E-state index in [4.69, 9.17) is 5.11 Å². The van der Waals surface area contributed by atoms with Gasteiger partial charge in [-0.25, -0.2) is 0 Å². The highest BCUT2D eigenvalue weighted by molar-refractivity contribution is 5.77. The van der Waals surface area contributed by atoms with Crippen molar-refractivity contribution in [3.63, 3.8) is 0 Å². The van der Waals surface area contributed by atoms with Gasteiger partial charge in [-0.2, -0.15) is 0 Å². The van der Waals surface area contributed by atoms with Gasteiger partial charge in [-0.1, -0.05) is 6.08 Å². The highest BCUT2D eigenvalue weighted by atomic mass is 16.3. The van der Waals surface area contributed by atoms with Gasteiger partial charge in [0.05, 0.1) is 6.10 Å². The lowest BCUT2D eigenvalue weighted by molar-refractivity contribution is -0.120. The molecule has 2 unspecified atom stereocenters. The summed E-state index contributed by atoms with van der Waals surface area (Å²) in [4.78, 5) is 11.0. The second-order valence-electron chi connectivity index (χ2n) is 3.05. The summed E-state index contributed by atoms with van der Waals surface area (Å²) in [5.74, 6) is -0.0434. The topological polar surface area (TPSA) is 49.3 Å². The molecule has 0 aliphatic heterocycles. The van der Waals surface area contributed by atoms with Crippen LogP contribution in [0.2, 0.25) is 0 Å². The Kier molecular flexibility index (Phi) is 5.37. The molecule has 2 N–H and O–H groups in total. The summed E-state index contributed by atoms with van der Waals surface area (Å²) >= 11 is 0. The first kappa shape index (κ1) is 11.2. The zero-order chi connectivity index (χ0) is 9.56. The lowest BCUT2D eigenvalue weighted by Gasteiger charge is -2.14. The average Bonchev–Trinajstić information content (AvgIpc) is 1.84. The molecular formula is C9H17NO2. The van der Waals surface area contributed by atoms with Crippen molar-refractivity contribution in [2.75, 3.05) is 0 Å². The van der Waals surface area contributed by atoms with Crippen LogP contribution in [0.5, 0.6) is 0 Å². The molecule has 0 spiro atoms. The highest BCUT2D eigenvalue weighted by Gasteiger charge is 2.07. The first-order chi connectivity index (χ1) is 5.56. The summed E-state index contributed by atoms with van der Waals surface area (Å²) in [6.45, 7) is 7.03. The molecular weight excluding hydrogens is 154 g/mol. The first-order valence-corrected chi connectivity index (χ1v) is 4.14. The molecule has 3 heteroatoms. The van der Waals surface area contributed by atoms with Crippen LogP contribution in [0.1, 0.15) is 26.7 Å². The molecule has 0 saturated heterocycles. The number of carbonyl (C=O) groups excluding carboxylic acids is 1. The van der Waals surface area contributed by atoms with E-state index in [1.165, 1.54) is 0 Å². The van der Waals surface area contributed by atoms with Crippen LogP contribution in [0.15, 0.2) is 12.7 Å². The molecule has 0 aromatic heterocycles. The number of hydrogen-bond acceptors (Lipinski definition) is 2. The third-order valence-corrected chi connectivity index (χ3v) is 1.43. The predicted octanol–water partition coefficient (Wildman–Crippen LogP) is 0.838. The van der Waals surface area contributed by atoms with Gasteiger partial charge in [-0.05, 0) is 20.3 Å². The van der Waals surface area contributed by atoms with Gasteiger partial charge in [0.1, 0.15) is 0 Å². The maximum absolute atomic E-state index is 11.0. The van der Waals surface area contributed by atoms with Crippen LogP contribution in [-0.2, 0) is 4.79 Å². The minimum Gasteiger partial charge on any atom is -0.393 e. The van der Waals surface area contributed by atoms with Crippen molar-refractivity contribution in [3.8, 4) is 0 Å². The van der Waals surface area contributed by atoms with E-state index < -0.39 is 0 Å². The van der Waals surface area contributed by atoms with Crippen molar-refractivity contribution < 1.29 is 9.90 Å². The highest BCUT2D eigenvalue weighted by Crippen LogP contribution is 1.96. The minimum absolute atomic E-state index is 0.0254. The van der Waals surface area contributed by atoms with Gasteiger partial charge in [0.15, 0.2) is 0 Å². The molecule has 0 aromatic carbocycles. The Bertz CT molecular complexity index is 155. The molecule has 0 heterocycles. The molecule has 2 atom stereocenters. The largest absolute Gasteiger partial charge is 0.393 e. The number of aliphatic hydroxyl groups excluding tert-OH is 1. The summed E-state index contributed by atoms with van der Waals surface area (Å²) in [6, 6.07) is 0.0254. The predicted molar refractivity (Wildman–Crippen MR) is 48.7 cm³/mol. The Morgan fingerprint density at radius 3 is 2.67 bits per heavy atom. The second-order valence-corrected chi connectivity index (χ2v) is 3.05. The maximum atomic E-state index is 11.0. The Morgan fingerprint density at radius 1 is 1.67 bits per heavy atom. The fraction of sp³-hybridized carbons (Fsp3) is 0.667. The minimum atomic E-state index is -0.371. The molecule has 0 aliphatic rings. The van der Waals surface area contributed by atoms with Gasteiger partial charge in [-0.3, -0.25) is 4.79 Å². The number of hydrogen-bond donors (Lipinski definition) is 2. The van der Waals surface area contributed by atoms with Gasteiger partial charge >= 0.3 is 0 Å². The summed E-state index contributed by atoms with van der Waals surface area (Å²) in [5, 5.41) is 11.7. The summed E-state index contributed by atoms with van der Waals surface area (Å²) in [5.41, 5.74) is 0. The van der Waals surface area contributed by atoms with E-state index in [2.05, 4.69) is 11.9 Å². The summed E-state index contributed by atoms with van der Waals surface area (Å²) in [6.07, 6.45) is 2.11. The number of nitrogens with one attached hydrogen (secondary N) is 1. The normalized spacial score (nSPS) is 14.9. The summed E-state index contributed by atoms with van der Waals surface area (Å²) < 4.78 is 0. The van der Waals surface area contributed by atoms with E-state index in [0.29, 0.717) is 12.8 Å². The molecule has 3 nitrogen and oxygen atoms in total. The SMILES string of the molecule is C=CCC(=O)NC(C)CC(C)O. The van der Waals surface area contributed by atoms with Crippen molar-refractivity contribution in [2.45, 2.75) is 38.8 Å². The van der Waals surface area contributed by atoms with Crippen molar-refractivity contribution in [1.82, 2.24) is 5.32 Å². The van der Waals surface area contributed by atoms with Gasteiger partial charge in [0.2, 0.25) is 5.91 Å². The van der Waals surface area contributed by atoms with E-state index in [-0.39, 0.29) is 18.1 Å². The standard InChI is InChI=1S/C9H17NO2/c1-4-5-9(12)10-7(2)6-8(3)11/h4,7-8,11H,1,5-6H2,2-3H3,(H,10,12). The van der Waals surface area contributed by atoms with E-state index in [9.17, 15) is 4.79 Å². The Balaban J connectivity index is 3.60. The third-order valence-electron chi connectivity index (χ3n) is 1.43.